The Kier molecular flexibility index (Phi) is 9.29. The summed E-state index contributed by atoms with van der Waals surface area (Å²) in [6.07, 6.45) is -1.29. The molecule has 0 saturated carbocycles. The van der Waals surface area contributed by atoms with Crippen molar-refractivity contribution in [2.45, 2.75) is 58.3 Å². The molecule has 1 aromatic rings. The lowest BCUT2D eigenvalue weighted by Crippen LogP contribution is -2.54. The summed E-state index contributed by atoms with van der Waals surface area (Å²) in [5.74, 6) is -1.98. The lowest BCUT2D eigenvalue weighted by Gasteiger charge is -2.31. The molecule has 0 aliphatic heterocycles. The lowest BCUT2D eigenvalue weighted by atomic mass is 10.1. The first-order chi connectivity index (χ1) is 14.0. The number of benzene rings is 1. The van der Waals surface area contributed by atoms with Crippen LogP contribution in [0.4, 0.5) is 4.79 Å². The number of hydrogen-bond donors (Lipinski definition) is 1. The first-order valence-corrected chi connectivity index (χ1v) is 9.47. The molecule has 0 bridgehead atoms. The molecule has 0 aliphatic rings. The number of carbonyl (C=O) groups is 4. The van der Waals surface area contributed by atoms with E-state index in [4.69, 9.17) is 9.47 Å². The zero-order valence-corrected chi connectivity index (χ0v) is 18.3. The number of ether oxygens (including phenoxy) is 3. The van der Waals surface area contributed by atoms with Crippen LogP contribution in [0.5, 0.6) is 0 Å². The fourth-order valence-electron chi connectivity index (χ4n) is 2.58. The Morgan fingerprint density at radius 2 is 1.63 bits per heavy atom. The van der Waals surface area contributed by atoms with Gasteiger partial charge in [0.05, 0.1) is 20.6 Å². The highest BCUT2D eigenvalue weighted by Gasteiger charge is 2.35. The number of esters is 2. The van der Waals surface area contributed by atoms with Gasteiger partial charge in [-0.05, 0) is 33.3 Å². The molecular formula is C21H30N2O7. The smallest absolute Gasteiger partial charge is 0.408 e. The van der Waals surface area contributed by atoms with Gasteiger partial charge in [0.1, 0.15) is 17.7 Å². The predicted octanol–water partition coefficient (Wildman–Crippen LogP) is 2.03. The fourth-order valence-corrected chi connectivity index (χ4v) is 2.58. The monoisotopic (exact) mass is 422 g/mol. The van der Waals surface area contributed by atoms with Gasteiger partial charge in [-0.2, -0.15) is 0 Å². The van der Waals surface area contributed by atoms with Crippen molar-refractivity contribution in [1.82, 2.24) is 10.2 Å². The van der Waals surface area contributed by atoms with E-state index in [1.54, 1.807) is 45.0 Å². The summed E-state index contributed by atoms with van der Waals surface area (Å²) >= 11 is 0. The molecule has 0 heterocycles. The molecule has 0 radical (unpaired) electrons. The van der Waals surface area contributed by atoms with Crippen LogP contribution in [0.2, 0.25) is 0 Å². The first-order valence-electron chi connectivity index (χ1n) is 9.47. The second kappa shape index (κ2) is 11.2. The van der Waals surface area contributed by atoms with E-state index in [-0.39, 0.29) is 6.54 Å². The molecule has 0 aromatic heterocycles. The zero-order valence-electron chi connectivity index (χ0n) is 18.3. The number of rotatable bonds is 8. The van der Waals surface area contributed by atoms with Gasteiger partial charge in [0, 0.05) is 6.54 Å². The van der Waals surface area contributed by atoms with Gasteiger partial charge in [0.2, 0.25) is 5.91 Å². The molecule has 0 spiro atoms. The molecule has 1 rings (SSSR count). The molecule has 0 aliphatic carbocycles. The van der Waals surface area contributed by atoms with E-state index < -0.39 is 48.0 Å². The standard InChI is InChI=1S/C21H30N2O7/c1-14(19(26)29-6)23(13-15-10-8-7-9-11-15)18(25)16(12-17(24)28-5)22-20(27)30-21(2,3)4/h7-11,14,16H,12-13H2,1-6H3,(H,22,27)/t14-,16-/m1/s1. The summed E-state index contributed by atoms with van der Waals surface area (Å²) in [6.45, 7) is 6.60. The van der Waals surface area contributed by atoms with Crippen LogP contribution in [0.25, 0.3) is 0 Å². The Labute approximate surface area is 176 Å². The van der Waals surface area contributed by atoms with Crippen molar-refractivity contribution in [3.63, 3.8) is 0 Å². The van der Waals surface area contributed by atoms with Crippen molar-refractivity contribution in [1.29, 1.82) is 0 Å². The van der Waals surface area contributed by atoms with Crippen LogP contribution in [0.1, 0.15) is 39.7 Å². The van der Waals surface area contributed by atoms with Gasteiger partial charge < -0.3 is 24.4 Å². The Bertz CT molecular complexity index is 743. The Hall–Kier alpha value is -3.10. The molecule has 9 heteroatoms. The highest BCUT2D eigenvalue weighted by molar-refractivity contribution is 5.92. The molecule has 0 saturated heterocycles. The third-order valence-corrected chi connectivity index (χ3v) is 4.08. The van der Waals surface area contributed by atoms with Crippen LogP contribution < -0.4 is 5.32 Å². The van der Waals surface area contributed by atoms with Crippen molar-refractivity contribution in [2.24, 2.45) is 0 Å². The molecule has 1 N–H and O–H groups in total. The van der Waals surface area contributed by atoms with E-state index in [9.17, 15) is 19.2 Å². The summed E-state index contributed by atoms with van der Waals surface area (Å²) < 4.78 is 14.6. The van der Waals surface area contributed by atoms with E-state index in [0.717, 1.165) is 5.56 Å². The summed E-state index contributed by atoms with van der Waals surface area (Å²) in [4.78, 5) is 50.8. The number of alkyl carbamates (subject to hydrolysis) is 1. The number of carbonyl (C=O) groups excluding carboxylic acids is 4. The van der Waals surface area contributed by atoms with Crippen LogP contribution in [-0.4, -0.2) is 60.7 Å². The maximum Gasteiger partial charge on any atom is 0.408 e. The molecule has 30 heavy (non-hydrogen) atoms. The maximum absolute atomic E-state index is 13.3. The molecular weight excluding hydrogens is 392 g/mol. The molecule has 1 aromatic carbocycles. The molecule has 9 nitrogen and oxygen atoms in total. The van der Waals surface area contributed by atoms with Crippen molar-refractivity contribution >= 4 is 23.9 Å². The van der Waals surface area contributed by atoms with Crippen molar-refractivity contribution in [2.75, 3.05) is 14.2 Å². The Morgan fingerprint density at radius 3 is 2.13 bits per heavy atom. The van der Waals surface area contributed by atoms with Gasteiger partial charge >= 0.3 is 18.0 Å². The highest BCUT2D eigenvalue weighted by atomic mass is 16.6. The average Bonchev–Trinajstić information content (AvgIpc) is 2.69. The third kappa shape index (κ3) is 8.10. The Morgan fingerprint density at radius 1 is 1.03 bits per heavy atom. The van der Waals surface area contributed by atoms with E-state index in [1.165, 1.54) is 26.0 Å². The van der Waals surface area contributed by atoms with E-state index in [0.29, 0.717) is 0 Å². The Balaban J connectivity index is 3.19. The second-order valence-electron chi connectivity index (χ2n) is 7.63. The summed E-state index contributed by atoms with van der Waals surface area (Å²) in [6, 6.07) is 6.76. The van der Waals surface area contributed by atoms with E-state index >= 15 is 0 Å². The normalized spacial score (nSPS) is 12.9. The lowest BCUT2D eigenvalue weighted by molar-refractivity contribution is -0.154. The van der Waals surface area contributed by atoms with Gasteiger partial charge in [-0.15, -0.1) is 0 Å². The molecule has 2 amide bonds. The summed E-state index contributed by atoms with van der Waals surface area (Å²) in [5, 5.41) is 2.41. The average molecular weight is 422 g/mol. The first kappa shape index (κ1) is 24.9. The van der Waals surface area contributed by atoms with Gasteiger partial charge in [-0.3, -0.25) is 9.59 Å². The van der Waals surface area contributed by atoms with E-state index in [2.05, 4.69) is 10.1 Å². The van der Waals surface area contributed by atoms with Gasteiger partial charge in [0.15, 0.2) is 0 Å². The summed E-state index contributed by atoms with van der Waals surface area (Å²) in [7, 11) is 2.39. The highest BCUT2D eigenvalue weighted by Crippen LogP contribution is 2.14. The van der Waals surface area contributed by atoms with Gasteiger partial charge in [-0.25, -0.2) is 9.59 Å². The molecule has 166 valence electrons. The zero-order chi connectivity index (χ0) is 22.9. The number of nitrogens with one attached hydrogen (secondary N) is 1. The number of methoxy groups -OCH3 is 2. The SMILES string of the molecule is COC(=O)C[C@@H](NC(=O)OC(C)(C)C)C(=O)N(Cc1ccccc1)[C@H](C)C(=O)OC. The molecule has 0 fully saturated rings. The quantitative estimate of drug-likeness (QED) is 0.504. The minimum atomic E-state index is -1.29. The molecule has 2 atom stereocenters. The topological polar surface area (TPSA) is 111 Å². The van der Waals surface area contributed by atoms with Crippen LogP contribution in [-0.2, 0) is 35.1 Å². The van der Waals surface area contributed by atoms with Crippen LogP contribution in [0.3, 0.4) is 0 Å². The maximum atomic E-state index is 13.3. The largest absolute Gasteiger partial charge is 0.469 e. The minimum absolute atomic E-state index is 0.0730. The number of hydrogen-bond acceptors (Lipinski definition) is 7. The number of nitrogens with zero attached hydrogens (tertiary/aromatic N) is 1. The van der Waals surface area contributed by atoms with Gasteiger partial charge in [-0.1, -0.05) is 30.3 Å². The minimum Gasteiger partial charge on any atom is -0.469 e. The third-order valence-electron chi connectivity index (χ3n) is 4.08. The molecule has 0 unspecified atom stereocenters. The van der Waals surface area contributed by atoms with Gasteiger partial charge in [0.25, 0.3) is 0 Å². The van der Waals surface area contributed by atoms with Crippen molar-refractivity contribution in [3.8, 4) is 0 Å². The number of amides is 2. The fraction of sp³-hybridized carbons (Fsp3) is 0.524. The predicted molar refractivity (Wildman–Crippen MR) is 108 cm³/mol. The summed E-state index contributed by atoms with van der Waals surface area (Å²) in [5.41, 5.74) is -0.0397. The van der Waals surface area contributed by atoms with Crippen LogP contribution in [0.15, 0.2) is 30.3 Å². The van der Waals surface area contributed by atoms with Crippen molar-refractivity contribution < 1.29 is 33.4 Å². The second-order valence-corrected chi connectivity index (χ2v) is 7.63. The van der Waals surface area contributed by atoms with Crippen LogP contribution in [0, 0.1) is 0 Å². The van der Waals surface area contributed by atoms with E-state index in [1.807, 2.05) is 6.07 Å². The van der Waals surface area contributed by atoms with Crippen molar-refractivity contribution in [3.05, 3.63) is 35.9 Å². The van der Waals surface area contributed by atoms with Crippen LogP contribution >= 0.6 is 0 Å².